The van der Waals surface area contributed by atoms with E-state index in [0.717, 1.165) is 16.8 Å². The minimum Gasteiger partial charge on any atom is -0.359 e. The van der Waals surface area contributed by atoms with Gasteiger partial charge in [-0.15, -0.1) is 0 Å². The van der Waals surface area contributed by atoms with E-state index in [1.165, 1.54) is 12.8 Å². The quantitative estimate of drug-likeness (QED) is 0.798. The second kappa shape index (κ2) is 5.24. The Labute approximate surface area is 98.3 Å². The largest absolute Gasteiger partial charge is 0.359 e. The SMILES string of the molecule is CCC(C)CC(C)N=C1NC(C)(C)CS1. The molecule has 1 fully saturated rings. The zero-order valence-electron chi connectivity index (χ0n) is 10.6. The molecule has 0 amide bonds. The van der Waals surface area contributed by atoms with E-state index >= 15 is 0 Å². The molecule has 0 spiro atoms. The summed E-state index contributed by atoms with van der Waals surface area (Å²) in [4.78, 5) is 4.73. The van der Waals surface area contributed by atoms with Gasteiger partial charge in [0.25, 0.3) is 0 Å². The molecule has 3 heteroatoms. The fraction of sp³-hybridized carbons (Fsp3) is 0.917. The van der Waals surface area contributed by atoms with E-state index in [-0.39, 0.29) is 5.54 Å². The minimum atomic E-state index is 0.222. The van der Waals surface area contributed by atoms with Crippen LogP contribution in [0.1, 0.15) is 47.5 Å². The van der Waals surface area contributed by atoms with Gasteiger partial charge in [0.15, 0.2) is 5.17 Å². The summed E-state index contributed by atoms with van der Waals surface area (Å²) < 4.78 is 0. The van der Waals surface area contributed by atoms with Crippen molar-refractivity contribution in [1.29, 1.82) is 0 Å². The number of hydrogen-bond acceptors (Lipinski definition) is 2. The van der Waals surface area contributed by atoms with Crippen LogP contribution in [-0.4, -0.2) is 22.5 Å². The van der Waals surface area contributed by atoms with Crippen molar-refractivity contribution < 1.29 is 0 Å². The molecule has 1 aliphatic heterocycles. The number of hydrogen-bond donors (Lipinski definition) is 1. The van der Waals surface area contributed by atoms with Crippen LogP contribution < -0.4 is 5.32 Å². The van der Waals surface area contributed by atoms with Gasteiger partial charge in [-0.2, -0.15) is 0 Å². The molecular weight excluding hydrogens is 204 g/mol. The summed E-state index contributed by atoms with van der Waals surface area (Å²) in [7, 11) is 0. The maximum absolute atomic E-state index is 4.73. The Morgan fingerprint density at radius 3 is 2.60 bits per heavy atom. The molecule has 88 valence electrons. The Hall–Kier alpha value is -0.180. The molecule has 2 unspecified atom stereocenters. The van der Waals surface area contributed by atoms with Crippen molar-refractivity contribution in [1.82, 2.24) is 5.32 Å². The predicted molar refractivity (Wildman–Crippen MR) is 70.6 cm³/mol. The summed E-state index contributed by atoms with van der Waals surface area (Å²) in [5.74, 6) is 1.91. The second-order valence-electron chi connectivity index (χ2n) is 5.33. The summed E-state index contributed by atoms with van der Waals surface area (Å²) >= 11 is 1.85. The number of thioether (sulfide) groups is 1. The van der Waals surface area contributed by atoms with Crippen LogP contribution in [0.25, 0.3) is 0 Å². The van der Waals surface area contributed by atoms with Crippen LogP contribution in [0.2, 0.25) is 0 Å². The van der Waals surface area contributed by atoms with Gasteiger partial charge in [0, 0.05) is 11.3 Å². The molecule has 0 aliphatic carbocycles. The standard InChI is InChI=1S/C12H24N2S/c1-6-9(2)7-10(3)13-11-14-12(4,5)8-15-11/h9-10H,6-8H2,1-5H3,(H,13,14). The third kappa shape index (κ3) is 4.45. The average Bonchev–Trinajstić information content (AvgIpc) is 2.44. The Kier molecular flexibility index (Phi) is 4.50. The predicted octanol–water partition coefficient (Wildman–Crippen LogP) is 3.28. The monoisotopic (exact) mass is 228 g/mol. The second-order valence-corrected chi connectivity index (χ2v) is 6.29. The fourth-order valence-corrected chi connectivity index (χ4v) is 2.85. The number of nitrogens with one attached hydrogen (secondary N) is 1. The lowest BCUT2D eigenvalue weighted by molar-refractivity contribution is 0.468. The Morgan fingerprint density at radius 2 is 2.13 bits per heavy atom. The Balaban J connectivity index is 2.43. The topological polar surface area (TPSA) is 24.4 Å². The summed E-state index contributed by atoms with van der Waals surface area (Å²) in [5, 5.41) is 4.60. The first-order chi connectivity index (χ1) is 6.93. The summed E-state index contributed by atoms with van der Waals surface area (Å²) in [5.41, 5.74) is 0.222. The van der Waals surface area contributed by atoms with Gasteiger partial charge >= 0.3 is 0 Å². The first kappa shape index (κ1) is 12.9. The number of nitrogens with zero attached hydrogens (tertiary/aromatic N) is 1. The van der Waals surface area contributed by atoms with Crippen molar-refractivity contribution in [2.45, 2.75) is 59.0 Å². The van der Waals surface area contributed by atoms with E-state index in [2.05, 4.69) is 39.9 Å². The van der Waals surface area contributed by atoms with Crippen molar-refractivity contribution in [3.63, 3.8) is 0 Å². The molecule has 1 heterocycles. The van der Waals surface area contributed by atoms with Gasteiger partial charge < -0.3 is 5.32 Å². The maximum atomic E-state index is 4.73. The smallest absolute Gasteiger partial charge is 0.157 e. The third-order valence-corrected chi connectivity index (χ3v) is 4.14. The molecule has 2 atom stereocenters. The van der Waals surface area contributed by atoms with Crippen LogP contribution in [0.5, 0.6) is 0 Å². The van der Waals surface area contributed by atoms with Gasteiger partial charge in [0.05, 0.1) is 6.04 Å². The number of amidine groups is 1. The molecule has 0 aromatic rings. The van der Waals surface area contributed by atoms with Crippen LogP contribution in [0.4, 0.5) is 0 Å². The number of aliphatic imine (C=N–C) groups is 1. The van der Waals surface area contributed by atoms with Crippen LogP contribution in [0.15, 0.2) is 4.99 Å². The normalized spacial score (nSPS) is 26.3. The van der Waals surface area contributed by atoms with E-state index in [4.69, 9.17) is 4.99 Å². The summed E-state index contributed by atoms with van der Waals surface area (Å²) in [6.45, 7) is 11.2. The van der Waals surface area contributed by atoms with E-state index in [1.807, 2.05) is 11.8 Å². The molecule has 1 aliphatic rings. The fourth-order valence-electron chi connectivity index (χ4n) is 1.68. The first-order valence-electron chi connectivity index (χ1n) is 5.91. The molecule has 15 heavy (non-hydrogen) atoms. The molecule has 0 bridgehead atoms. The van der Waals surface area contributed by atoms with Gasteiger partial charge in [-0.25, -0.2) is 0 Å². The van der Waals surface area contributed by atoms with Crippen molar-refractivity contribution in [2.75, 3.05) is 5.75 Å². The van der Waals surface area contributed by atoms with Gasteiger partial charge in [-0.05, 0) is 33.1 Å². The van der Waals surface area contributed by atoms with Crippen molar-refractivity contribution in [3.05, 3.63) is 0 Å². The van der Waals surface area contributed by atoms with Crippen molar-refractivity contribution in [3.8, 4) is 0 Å². The third-order valence-electron chi connectivity index (χ3n) is 2.79. The van der Waals surface area contributed by atoms with Crippen LogP contribution in [-0.2, 0) is 0 Å². The van der Waals surface area contributed by atoms with Gasteiger partial charge in [-0.1, -0.05) is 32.0 Å². The van der Waals surface area contributed by atoms with Gasteiger partial charge in [0.2, 0.25) is 0 Å². The zero-order chi connectivity index (χ0) is 11.5. The molecular formula is C12H24N2S. The Bertz CT molecular complexity index is 236. The summed E-state index contributed by atoms with van der Waals surface area (Å²) in [6, 6.07) is 0.448. The molecule has 0 radical (unpaired) electrons. The summed E-state index contributed by atoms with van der Waals surface area (Å²) in [6.07, 6.45) is 2.45. The lowest BCUT2D eigenvalue weighted by atomic mass is 10.0. The highest BCUT2D eigenvalue weighted by molar-refractivity contribution is 8.14. The van der Waals surface area contributed by atoms with E-state index in [9.17, 15) is 0 Å². The number of rotatable bonds is 4. The first-order valence-corrected chi connectivity index (χ1v) is 6.90. The van der Waals surface area contributed by atoms with Gasteiger partial charge in [-0.3, -0.25) is 4.99 Å². The van der Waals surface area contributed by atoms with Crippen molar-refractivity contribution in [2.24, 2.45) is 10.9 Å². The molecule has 0 aromatic carbocycles. The van der Waals surface area contributed by atoms with Crippen LogP contribution in [0.3, 0.4) is 0 Å². The molecule has 1 N–H and O–H groups in total. The highest BCUT2D eigenvalue weighted by Crippen LogP contribution is 2.23. The molecule has 0 aromatic heterocycles. The highest BCUT2D eigenvalue weighted by Gasteiger charge is 2.27. The van der Waals surface area contributed by atoms with E-state index in [1.54, 1.807) is 0 Å². The van der Waals surface area contributed by atoms with Crippen molar-refractivity contribution >= 4 is 16.9 Å². The maximum Gasteiger partial charge on any atom is 0.157 e. The van der Waals surface area contributed by atoms with E-state index in [0.29, 0.717) is 6.04 Å². The van der Waals surface area contributed by atoms with E-state index < -0.39 is 0 Å². The minimum absolute atomic E-state index is 0.222. The average molecular weight is 228 g/mol. The Morgan fingerprint density at radius 1 is 1.47 bits per heavy atom. The lowest BCUT2D eigenvalue weighted by Gasteiger charge is -2.17. The lowest BCUT2D eigenvalue weighted by Crippen LogP contribution is -2.37. The van der Waals surface area contributed by atoms with Gasteiger partial charge in [0.1, 0.15) is 0 Å². The molecule has 2 nitrogen and oxygen atoms in total. The molecule has 1 saturated heterocycles. The zero-order valence-corrected chi connectivity index (χ0v) is 11.4. The molecule has 0 saturated carbocycles. The van der Waals surface area contributed by atoms with Crippen LogP contribution >= 0.6 is 11.8 Å². The van der Waals surface area contributed by atoms with Crippen LogP contribution in [0, 0.1) is 5.92 Å². The molecule has 1 rings (SSSR count). The highest BCUT2D eigenvalue weighted by atomic mass is 32.2.